The number of hydrogen-bond acceptors (Lipinski definition) is 6. The maximum atomic E-state index is 5.55. The minimum absolute atomic E-state index is 0.310. The fourth-order valence-electron chi connectivity index (χ4n) is 2.09. The summed E-state index contributed by atoms with van der Waals surface area (Å²) in [7, 11) is 0. The topological polar surface area (TPSA) is 76.7 Å². The fourth-order valence-corrected chi connectivity index (χ4v) is 2.98. The lowest BCUT2D eigenvalue weighted by Gasteiger charge is -2.22. The van der Waals surface area contributed by atoms with Crippen LogP contribution >= 0.6 is 11.3 Å². The smallest absolute Gasteiger partial charge is 0.221 e. The number of nitrogens with one attached hydrogen (secondary N) is 1. The van der Waals surface area contributed by atoms with Crippen molar-refractivity contribution in [3.63, 3.8) is 0 Å². The number of nitrogens with zero attached hydrogens (tertiary/aromatic N) is 3. The van der Waals surface area contributed by atoms with Crippen LogP contribution in [-0.4, -0.2) is 21.0 Å². The molecule has 1 aliphatic carbocycles. The van der Waals surface area contributed by atoms with Crippen molar-refractivity contribution in [3.8, 4) is 0 Å². The molecule has 88 valence electrons. The van der Waals surface area contributed by atoms with Gasteiger partial charge in [0, 0.05) is 23.5 Å². The highest BCUT2D eigenvalue weighted by atomic mass is 32.1. The Morgan fingerprint density at radius 2 is 2.35 bits per heavy atom. The van der Waals surface area contributed by atoms with E-state index >= 15 is 0 Å². The standard InChI is InChI=1S/C11H13N5S/c12-11-13-4-3-10(16-11)15-7-1-2-8-9(5-7)17-6-14-8/h3-4,6-7H,1-2,5H2,(H3,12,13,15,16)/t7-/m0/s1. The van der Waals surface area contributed by atoms with Crippen molar-refractivity contribution in [1.29, 1.82) is 0 Å². The van der Waals surface area contributed by atoms with Gasteiger partial charge in [-0.2, -0.15) is 4.98 Å². The number of thiazole rings is 1. The number of anilines is 2. The van der Waals surface area contributed by atoms with E-state index in [0.717, 1.165) is 25.1 Å². The van der Waals surface area contributed by atoms with Crippen LogP contribution in [0.4, 0.5) is 11.8 Å². The first kappa shape index (κ1) is 10.5. The van der Waals surface area contributed by atoms with Gasteiger partial charge < -0.3 is 11.1 Å². The summed E-state index contributed by atoms with van der Waals surface area (Å²) in [6.45, 7) is 0. The van der Waals surface area contributed by atoms with E-state index in [9.17, 15) is 0 Å². The average molecular weight is 247 g/mol. The number of hydrogen-bond donors (Lipinski definition) is 2. The Hall–Kier alpha value is -1.69. The van der Waals surface area contributed by atoms with E-state index in [0.29, 0.717) is 12.0 Å². The van der Waals surface area contributed by atoms with Crippen molar-refractivity contribution < 1.29 is 0 Å². The zero-order valence-electron chi connectivity index (χ0n) is 9.26. The number of aromatic nitrogens is 3. The molecule has 0 aliphatic heterocycles. The lowest BCUT2D eigenvalue weighted by molar-refractivity contribution is 0.608. The van der Waals surface area contributed by atoms with Crippen LogP contribution in [0.3, 0.4) is 0 Å². The number of aryl methyl sites for hydroxylation is 1. The summed E-state index contributed by atoms with van der Waals surface area (Å²) in [5.41, 5.74) is 8.74. The lowest BCUT2D eigenvalue weighted by Crippen LogP contribution is -2.27. The molecule has 0 unspecified atom stereocenters. The molecule has 0 spiro atoms. The molecule has 2 heterocycles. The monoisotopic (exact) mass is 247 g/mol. The fraction of sp³-hybridized carbons (Fsp3) is 0.364. The molecule has 1 aliphatic rings. The minimum Gasteiger partial charge on any atom is -0.368 e. The average Bonchev–Trinajstić information content (AvgIpc) is 2.76. The molecule has 1 atom stereocenters. The number of fused-ring (bicyclic) bond motifs is 1. The highest BCUT2D eigenvalue weighted by Crippen LogP contribution is 2.25. The SMILES string of the molecule is Nc1nccc(N[C@H]2CCc3ncsc3C2)n1. The molecule has 17 heavy (non-hydrogen) atoms. The molecular weight excluding hydrogens is 234 g/mol. The second-order valence-corrected chi connectivity index (χ2v) is 5.05. The van der Waals surface area contributed by atoms with Crippen LogP contribution in [0.15, 0.2) is 17.8 Å². The Labute approximate surface area is 103 Å². The third kappa shape index (κ3) is 2.21. The van der Waals surface area contributed by atoms with Crippen LogP contribution in [0.2, 0.25) is 0 Å². The van der Waals surface area contributed by atoms with Crippen LogP contribution < -0.4 is 11.1 Å². The van der Waals surface area contributed by atoms with Gasteiger partial charge in [0.15, 0.2) is 0 Å². The van der Waals surface area contributed by atoms with Crippen LogP contribution in [-0.2, 0) is 12.8 Å². The lowest BCUT2D eigenvalue weighted by atomic mass is 9.98. The molecule has 0 radical (unpaired) electrons. The number of nitrogen functional groups attached to an aromatic ring is 1. The largest absolute Gasteiger partial charge is 0.368 e. The molecular formula is C11H13N5S. The quantitative estimate of drug-likeness (QED) is 0.840. The molecule has 6 heteroatoms. The van der Waals surface area contributed by atoms with Gasteiger partial charge in [0.25, 0.3) is 0 Å². The molecule has 3 rings (SSSR count). The van der Waals surface area contributed by atoms with Crippen molar-refractivity contribution in [1.82, 2.24) is 15.0 Å². The van der Waals surface area contributed by atoms with Gasteiger partial charge in [0.1, 0.15) is 5.82 Å². The molecule has 3 N–H and O–H groups in total. The zero-order valence-corrected chi connectivity index (χ0v) is 10.1. The minimum atomic E-state index is 0.310. The summed E-state index contributed by atoms with van der Waals surface area (Å²) in [5.74, 6) is 1.11. The van der Waals surface area contributed by atoms with E-state index in [2.05, 4.69) is 20.3 Å². The third-order valence-electron chi connectivity index (χ3n) is 2.91. The molecule has 0 amide bonds. The van der Waals surface area contributed by atoms with Gasteiger partial charge in [-0.15, -0.1) is 11.3 Å². The van der Waals surface area contributed by atoms with Crippen LogP contribution in [0, 0.1) is 0 Å². The molecule has 2 aromatic rings. The van der Waals surface area contributed by atoms with Gasteiger partial charge >= 0.3 is 0 Å². The van der Waals surface area contributed by atoms with Crippen molar-refractivity contribution in [3.05, 3.63) is 28.3 Å². The first-order valence-corrected chi connectivity index (χ1v) is 6.45. The molecule has 0 fully saturated rings. The first-order valence-electron chi connectivity index (χ1n) is 5.57. The first-order chi connectivity index (χ1) is 8.31. The molecule has 5 nitrogen and oxygen atoms in total. The number of rotatable bonds is 2. The summed E-state index contributed by atoms with van der Waals surface area (Å²) in [5, 5.41) is 3.40. The van der Waals surface area contributed by atoms with E-state index < -0.39 is 0 Å². The van der Waals surface area contributed by atoms with Crippen molar-refractivity contribution in [2.75, 3.05) is 11.1 Å². The zero-order chi connectivity index (χ0) is 11.7. The van der Waals surface area contributed by atoms with Crippen LogP contribution in [0.25, 0.3) is 0 Å². The second-order valence-electron chi connectivity index (χ2n) is 4.11. The van der Waals surface area contributed by atoms with Crippen molar-refractivity contribution >= 4 is 23.1 Å². The molecule has 0 aromatic carbocycles. The predicted octanol–water partition coefficient (Wildman–Crippen LogP) is 1.48. The Kier molecular flexibility index (Phi) is 2.64. The van der Waals surface area contributed by atoms with Crippen LogP contribution in [0.5, 0.6) is 0 Å². The van der Waals surface area contributed by atoms with Gasteiger partial charge in [-0.1, -0.05) is 0 Å². The Morgan fingerprint density at radius 1 is 1.41 bits per heavy atom. The van der Waals surface area contributed by atoms with Crippen LogP contribution in [0.1, 0.15) is 17.0 Å². The highest BCUT2D eigenvalue weighted by molar-refractivity contribution is 7.09. The van der Waals surface area contributed by atoms with Crippen molar-refractivity contribution in [2.24, 2.45) is 0 Å². The van der Waals surface area contributed by atoms with E-state index in [1.165, 1.54) is 10.6 Å². The summed E-state index contributed by atoms with van der Waals surface area (Å²) < 4.78 is 0. The Balaban J connectivity index is 1.72. The summed E-state index contributed by atoms with van der Waals surface area (Å²) in [6.07, 6.45) is 4.81. The van der Waals surface area contributed by atoms with E-state index in [-0.39, 0.29) is 0 Å². The summed E-state index contributed by atoms with van der Waals surface area (Å²) in [4.78, 5) is 13.8. The molecule has 2 aromatic heterocycles. The van der Waals surface area contributed by atoms with E-state index in [1.54, 1.807) is 17.5 Å². The maximum Gasteiger partial charge on any atom is 0.221 e. The summed E-state index contributed by atoms with van der Waals surface area (Å²) >= 11 is 1.73. The van der Waals surface area contributed by atoms with Crippen molar-refractivity contribution in [2.45, 2.75) is 25.3 Å². The van der Waals surface area contributed by atoms with E-state index in [4.69, 9.17) is 5.73 Å². The predicted molar refractivity (Wildman–Crippen MR) is 68.0 cm³/mol. The second kappa shape index (κ2) is 4.29. The Morgan fingerprint density at radius 3 is 3.24 bits per heavy atom. The van der Waals surface area contributed by atoms with Gasteiger partial charge in [-0.25, -0.2) is 9.97 Å². The molecule has 0 saturated carbocycles. The van der Waals surface area contributed by atoms with Gasteiger partial charge in [0.05, 0.1) is 11.2 Å². The summed E-state index contributed by atoms with van der Waals surface area (Å²) in [6, 6.07) is 2.26. The van der Waals surface area contributed by atoms with E-state index in [1.807, 2.05) is 11.6 Å². The normalized spacial score (nSPS) is 18.7. The third-order valence-corrected chi connectivity index (χ3v) is 3.81. The Bertz CT molecular complexity index is 524. The molecule has 0 bridgehead atoms. The number of nitrogens with two attached hydrogens (primary N) is 1. The van der Waals surface area contributed by atoms with Gasteiger partial charge in [0.2, 0.25) is 5.95 Å². The maximum absolute atomic E-state index is 5.55. The highest BCUT2D eigenvalue weighted by Gasteiger charge is 2.20. The van der Waals surface area contributed by atoms with Gasteiger partial charge in [-0.3, -0.25) is 0 Å². The molecule has 0 saturated heterocycles. The van der Waals surface area contributed by atoms with Gasteiger partial charge in [-0.05, 0) is 18.9 Å².